The maximum absolute atomic E-state index is 12.1. The van der Waals surface area contributed by atoms with Gasteiger partial charge in [0.15, 0.2) is 5.84 Å². The lowest BCUT2D eigenvalue weighted by atomic mass is 9.88. The van der Waals surface area contributed by atoms with Gasteiger partial charge >= 0.3 is 0 Å². The van der Waals surface area contributed by atoms with Crippen molar-refractivity contribution in [2.24, 2.45) is 16.8 Å². The Kier molecular flexibility index (Phi) is 5.44. The van der Waals surface area contributed by atoms with Crippen LogP contribution in [0.5, 0.6) is 0 Å². The van der Waals surface area contributed by atoms with Gasteiger partial charge in [-0.15, -0.1) is 0 Å². The molecule has 0 bridgehead atoms. The van der Waals surface area contributed by atoms with Crippen LogP contribution in [0.25, 0.3) is 0 Å². The van der Waals surface area contributed by atoms with Gasteiger partial charge in [-0.1, -0.05) is 44.7 Å². The van der Waals surface area contributed by atoms with Gasteiger partial charge in [0.2, 0.25) is 5.91 Å². The molecule has 104 valence electrons. The number of carbonyl (C=O) groups is 1. The van der Waals surface area contributed by atoms with Crippen molar-refractivity contribution in [3.8, 4) is 0 Å². The Hall–Kier alpha value is -1.26. The number of amidine groups is 1. The summed E-state index contributed by atoms with van der Waals surface area (Å²) in [5, 5.41) is 15.1. The van der Waals surface area contributed by atoms with E-state index >= 15 is 0 Å². The molecule has 0 saturated heterocycles. The number of oxime groups is 1. The lowest BCUT2D eigenvalue weighted by Crippen LogP contribution is -2.58. The van der Waals surface area contributed by atoms with Gasteiger partial charge in [0.25, 0.3) is 0 Å². The van der Waals surface area contributed by atoms with E-state index in [1.807, 2.05) is 13.8 Å². The van der Waals surface area contributed by atoms with Crippen molar-refractivity contribution in [1.82, 2.24) is 5.32 Å². The number of nitrogens with two attached hydrogens (primary N) is 1. The van der Waals surface area contributed by atoms with Gasteiger partial charge in [-0.2, -0.15) is 0 Å². The predicted octanol–water partition coefficient (Wildman–Crippen LogP) is 1.99. The number of hydrogen-bond donors (Lipinski definition) is 3. The standard InChI is InChI=1S/C13H25N3O2/c1-3-10(2)11(17)15-13(12(14)16-18)8-6-4-5-7-9-13/h10,18H,3-9H2,1-2H3,(H2,14,16)(H,15,17). The van der Waals surface area contributed by atoms with Crippen LogP contribution in [0.2, 0.25) is 0 Å². The maximum atomic E-state index is 12.1. The molecule has 0 heterocycles. The molecule has 0 spiro atoms. The van der Waals surface area contributed by atoms with E-state index < -0.39 is 5.54 Å². The molecule has 5 heteroatoms. The number of nitrogens with one attached hydrogen (secondary N) is 1. The van der Waals surface area contributed by atoms with Gasteiger partial charge in [-0.05, 0) is 19.3 Å². The van der Waals surface area contributed by atoms with Crippen molar-refractivity contribution in [3.05, 3.63) is 0 Å². The first-order valence-corrected chi connectivity index (χ1v) is 6.85. The molecule has 1 rings (SSSR count). The van der Waals surface area contributed by atoms with E-state index in [9.17, 15) is 4.79 Å². The number of nitrogens with zero attached hydrogens (tertiary/aromatic N) is 1. The Morgan fingerprint density at radius 3 is 2.39 bits per heavy atom. The van der Waals surface area contributed by atoms with E-state index in [4.69, 9.17) is 10.9 Å². The average molecular weight is 255 g/mol. The van der Waals surface area contributed by atoms with E-state index in [2.05, 4.69) is 10.5 Å². The Morgan fingerprint density at radius 1 is 1.39 bits per heavy atom. The van der Waals surface area contributed by atoms with Crippen LogP contribution in [-0.4, -0.2) is 22.5 Å². The Balaban J connectivity index is 2.87. The third kappa shape index (κ3) is 3.37. The third-order valence-corrected chi connectivity index (χ3v) is 3.98. The number of hydrogen-bond acceptors (Lipinski definition) is 3. The van der Waals surface area contributed by atoms with Crippen molar-refractivity contribution in [2.75, 3.05) is 0 Å². The summed E-state index contributed by atoms with van der Waals surface area (Å²) in [5.74, 6) is 0.0867. The minimum Gasteiger partial charge on any atom is -0.409 e. The van der Waals surface area contributed by atoms with Crippen LogP contribution in [0.15, 0.2) is 5.16 Å². The van der Waals surface area contributed by atoms with Crippen LogP contribution >= 0.6 is 0 Å². The summed E-state index contributed by atoms with van der Waals surface area (Å²) >= 11 is 0. The predicted molar refractivity (Wildman–Crippen MR) is 71.4 cm³/mol. The first kappa shape index (κ1) is 14.8. The summed E-state index contributed by atoms with van der Waals surface area (Å²) in [6.45, 7) is 3.87. The lowest BCUT2D eigenvalue weighted by Gasteiger charge is -2.33. The molecular weight excluding hydrogens is 230 g/mol. The highest BCUT2D eigenvalue weighted by molar-refractivity contribution is 5.94. The molecule has 1 unspecified atom stereocenters. The van der Waals surface area contributed by atoms with Gasteiger partial charge in [-0.3, -0.25) is 4.79 Å². The largest absolute Gasteiger partial charge is 0.409 e. The molecular formula is C13H25N3O2. The Bertz CT molecular complexity index is 307. The molecule has 4 N–H and O–H groups in total. The van der Waals surface area contributed by atoms with Crippen LogP contribution < -0.4 is 11.1 Å². The van der Waals surface area contributed by atoms with Gasteiger partial charge in [-0.25, -0.2) is 0 Å². The average Bonchev–Trinajstić information content (AvgIpc) is 2.63. The topological polar surface area (TPSA) is 87.7 Å². The minimum atomic E-state index is -0.647. The second-order valence-corrected chi connectivity index (χ2v) is 5.28. The van der Waals surface area contributed by atoms with E-state index in [-0.39, 0.29) is 17.7 Å². The summed E-state index contributed by atoms with van der Waals surface area (Å²) < 4.78 is 0. The fourth-order valence-corrected chi connectivity index (χ4v) is 2.42. The van der Waals surface area contributed by atoms with Crippen molar-refractivity contribution in [2.45, 2.75) is 64.3 Å². The first-order valence-electron chi connectivity index (χ1n) is 6.85. The second kappa shape index (κ2) is 6.61. The minimum absolute atomic E-state index is 0.00833. The van der Waals surface area contributed by atoms with E-state index in [0.717, 1.165) is 44.9 Å². The first-order chi connectivity index (χ1) is 8.55. The molecule has 1 fully saturated rings. The Labute approximate surface area is 109 Å². The molecule has 0 radical (unpaired) electrons. The highest BCUT2D eigenvalue weighted by Crippen LogP contribution is 2.28. The zero-order valence-electron chi connectivity index (χ0n) is 11.4. The summed E-state index contributed by atoms with van der Waals surface area (Å²) in [6, 6.07) is 0. The van der Waals surface area contributed by atoms with Gasteiger partial charge in [0.05, 0.1) is 0 Å². The SMILES string of the molecule is CCC(C)C(=O)NC1(/C(N)=N/O)CCCCCC1. The van der Waals surface area contributed by atoms with E-state index in [1.165, 1.54) is 0 Å². The molecule has 5 nitrogen and oxygen atoms in total. The zero-order chi connectivity index (χ0) is 13.6. The molecule has 1 atom stereocenters. The van der Waals surface area contributed by atoms with Crippen LogP contribution in [0.1, 0.15) is 58.8 Å². The van der Waals surface area contributed by atoms with Gasteiger partial charge in [0, 0.05) is 5.92 Å². The maximum Gasteiger partial charge on any atom is 0.223 e. The highest BCUT2D eigenvalue weighted by atomic mass is 16.4. The zero-order valence-corrected chi connectivity index (χ0v) is 11.4. The van der Waals surface area contributed by atoms with E-state index in [0.29, 0.717) is 0 Å². The van der Waals surface area contributed by atoms with Crippen molar-refractivity contribution in [1.29, 1.82) is 0 Å². The molecule has 1 aliphatic carbocycles. The highest BCUT2D eigenvalue weighted by Gasteiger charge is 2.37. The fourth-order valence-electron chi connectivity index (χ4n) is 2.42. The van der Waals surface area contributed by atoms with Gasteiger partial charge in [0.1, 0.15) is 5.54 Å². The van der Waals surface area contributed by atoms with Gasteiger partial charge < -0.3 is 16.3 Å². The van der Waals surface area contributed by atoms with Crippen LogP contribution in [0.3, 0.4) is 0 Å². The number of carbonyl (C=O) groups excluding carboxylic acids is 1. The molecule has 0 aromatic heterocycles. The van der Waals surface area contributed by atoms with Crippen molar-refractivity contribution in [3.63, 3.8) is 0 Å². The smallest absolute Gasteiger partial charge is 0.223 e. The number of amides is 1. The number of rotatable bonds is 4. The van der Waals surface area contributed by atoms with Crippen LogP contribution in [0.4, 0.5) is 0 Å². The van der Waals surface area contributed by atoms with Crippen molar-refractivity contribution < 1.29 is 10.0 Å². The normalized spacial score (nSPS) is 22.0. The molecule has 18 heavy (non-hydrogen) atoms. The monoisotopic (exact) mass is 255 g/mol. The Morgan fingerprint density at radius 2 is 1.94 bits per heavy atom. The molecule has 0 aromatic rings. The molecule has 0 aromatic carbocycles. The summed E-state index contributed by atoms with van der Waals surface area (Å²) in [4.78, 5) is 12.1. The van der Waals surface area contributed by atoms with Crippen LogP contribution in [0, 0.1) is 5.92 Å². The molecule has 1 saturated carbocycles. The van der Waals surface area contributed by atoms with Crippen LogP contribution in [-0.2, 0) is 4.79 Å². The third-order valence-electron chi connectivity index (χ3n) is 3.98. The molecule has 1 amide bonds. The molecule has 0 aliphatic heterocycles. The second-order valence-electron chi connectivity index (χ2n) is 5.28. The summed E-state index contributed by atoms with van der Waals surface area (Å²) in [5.41, 5.74) is 5.18. The molecule has 1 aliphatic rings. The van der Waals surface area contributed by atoms with Crippen molar-refractivity contribution >= 4 is 11.7 Å². The summed E-state index contributed by atoms with van der Waals surface area (Å²) in [6.07, 6.45) is 6.57. The quantitative estimate of drug-likeness (QED) is 0.236. The fraction of sp³-hybridized carbons (Fsp3) is 0.846. The summed E-state index contributed by atoms with van der Waals surface area (Å²) in [7, 11) is 0. The van der Waals surface area contributed by atoms with E-state index in [1.54, 1.807) is 0 Å². The lowest BCUT2D eigenvalue weighted by molar-refractivity contribution is -0.126.